The maximum Gasteiger partial charge on any atom is 0.237 e. The molecular weight excluding hydrogens is 282 g/mol. The van der Waals surface area contributed by atoms with E-state index in [1.54, 1.807) is 11.3 Å². The number of aromatic nitrogens is 1. The lowest BCUT2D eigenvalue weighted by Gasteiger charge is -2.11. The van der Waals surface area contributed by atoms with Gasteiger partial charge in [-0.25, -0.2) is 0 Å². The van der Waals surface area contributed by atoms with Gasteiger partial charge in [-0.15, -0.1) is 0 Å². The zero-order valence-corrected chi connectivity index (χ0v) is 12.3. The van der Waals surface area contributed by atoms with Gasteiger partial charge in [-0.2, -0.15) is 11.3 Å². The molecule has 1 atom stereocenters. The van der Waals surface area contributed by atoms with Crippen molar-refractivity contribution in [3.63, 3.8) is 0 Å². The van der Waals surface area contributed by atoms with Gasteiger partial charge in [0.25, 0.3) is 0 Å². The number of amides is 1. The van der Waals surface area contributed by atoms with E-state index in [1.807, 2.05) is 47.3 Å². The molecule has 3 aromatic rings. The highest BCUT2D eigenvalue weighted by Gasteiger charge is 2.15. The van der Waals surface area contributed by atoms with Crippen LogP contribution in [0.5, 0.6) is 0 Å². The molecule has 1 unspecified atom stereocenters. The molecule has 21 heavy (non-hydrogen) atoms. The quantitative estimate of drug-likeness (QED) is 0.677. The number of carbonyl (C=O) groups excluding carboxylic acids is 1. The van der Waals surface area contributed by atoms with E-state index in [1.165, 1.54) is 0 Å². The van der Waals surface area contributed by atoms with E-state index >= 15 is 0 Å². The van der Waals surface area contributed by atoms with Crippen LogP contribution in [0.2, 0.25) is 0 Å². The first kappa shape index (κ1) is 13.9. The van der Waals surface area contributed by atoms with E-state index in [0.717, 1.165) is 22.0 Å². The van der Waals surface area contributed by atoms with Crippen LogP contribution in [0.4, 0.5) is 0 Å². The largest absolute Gasteiger partial charge is 0.361 e. The molecule has 0 saturated carbocycles. The van der Waals surface area contributed by atoms with Crippen LogP contribution in [0.15, 0.2) is 47.3 Å². The first-order valence-corrected chi connectivity index (χ1v) is 7.77. The number of para-hydroxylation sites is 1. The molecule has 5 heteroatoms. The monoisotopic (exact) mass is 299 g/mol. The fourth-order valence-corrected chi connectivity index (χ4v) is 3.01. The molecule has 2 aromatic heterocycles. The molecule has 0 aliphatic carbocycles. The summed E-state index contributed by atoms with van der Waals surface area (Å²) in [5.74, 6) is -0.119. The lowest BCUT2D eigenvalue weighted by molar-refractivity contribution is -0.122. The third kappa shape index (κ3) is 3.15. The number of hydrogen-bond acceptors (Lipinski definition) is 3. The molecule has 0 saturated heterocycles. The van der Waals surface area contributed by atoms with Gasteiger partial charge < -0.3 is 16.0 Å². The van der Waals surface area contributed by atoms with Gasteiger partial charge in [0.15, 0.2) is 0 Å². The molecule has 0 fully saturated rings. The van der Waals surface area contributed by atoms with Crippen LogP contribution in [0.3, 0.4) is 0 Å². The van der Waals surface area contributed by atoms with Gasteiger partial charge in [-0.1, -0.05) is 18.2 Å². The van der Waals surface area contributed by atoms with E-state index in [-0.39, 0.29) is 5.91 Å². The number of hydrogen-bond donors (Lipinski definition) is 3. The molecule has 1 amide bonds. The number of rotatable bonds is 5. The highest BCUT2D eigenvalue weighted by Crippen LogP contribution is 2.18. The van der Waals surface area contributed by atoms with Gasteiger partial charge in [0.05, 0.1) is 6.04 Å². The maximum absolute atomic E-state index is 12.1. The molecule has 1 aromatic carbocycles. The summed E-state index contributed by atoms with van der Waals surface area (Å²) in [4.78, 5) is 15.3. The van der Waals surface area contributed by atoms with Gasteiger partial charge in [0.1, 0.15) is 0 Å². The Morgan fingerprint density at radius 1 is 1.33 bits per heavy atom. The van der Waals surface area contributed by atoms with E-state index in [4.69, 9.17) is 5.73 Å². The summed E-state index contributed by atoms with van der Waals surface area (Å²) in [5.41, 5.74) is 9.26. The Bertz CT molecular complexity index is 733. The van der Waals surface area contributed by atoms with Gasteiger partial charge in [-0.05, 0) is 40.4 Å². The number of carbonyl (C=O) groups is 1. The number of fused-ring (bicyclic) bond motifs is 1. The highest BCUT2D eigenvalue weighted by atomic mass is 32.1. The third-order valence-electron chi connectivity index (χ3n) is 3.50. The molecular formula is C16H17N3OS. The Hall–Kier alpha value is -2.11. The summed E-state index contributed by atoms with van der Waals surface area (Å²) in [6.45, 7) is 0.532. The van der Waals surface area contributed by atoms with Crippen LogP contribution in [0.25, 0.3) is 10.9 Å². The van der Waals surface area contributed by atoms with Crippen molar-refractivity contribution in [3.8, 4) is 0 Å². The molecule has 4 nitrogen and oxygen atoms in total. The number of aromatic amines is 1. The summed E-state index contributed by atoms with van der Waals surface area (Å²) >= 11 is 1.62. The number of nitrogens with one attached hydrogen (secondary N) is 2. The van der Waals surface area contributed by atoms with Crippen molar-refractivity contribution in [3.05, 3.63) is 58.4 Å². The second kappa shape index (κ2) is 6.11. The van der Waals surface area contributed by atoms with E-state index in [9.17, 15) is 4.79 Å². The molecule has 108 valence electrons. The first-order chi connectivity index (χ1) is 10.2. The Labute approximate surface area is 127 Å². The highest BCUT2D eigenvalue weighted by molar-refractivity contribution is 7.07. The van der Waals surface area contributed by atoms with Crippen LogP contribution < -0.4 is 11.1 Å². The standard InChI is InChI=1S/C16H17N3OS/c17-14(16(20)19-8-11-5-6-21-10-11)7-12-9-18-15-4-2-1-3-13(12)15/h1-6,9-10,14,18H,7-8,17H2,(H,19,20). The van der Waals surface area contributed by atoms with Crippen molar-refractivity contribution >= 4 is 28.1 Å². The molecule has 0 aliphatic heterocycles. The molecule has 0 spiro atoms. The van der Waals surface area contributed by atoms with Gasteiger partial charge in [0, 0.05) is 23.6 Å². The van der Waals surface area contributed by atoms with Gasteiger partial charge >= 0.3 is 0 Å². The first-order valence-electron chi connectivity index (χ1n) is 6.83. The summed E-state index contributed by atoms with van der Waals surface area (Å²) in [6.07, 6.45) is 2.45. The average Bonchev–Trinajstić information content (AvgIpc) is 3.15. The molecule has 0 aliphatic rings. The molecule has 3 rings (SSSR count). The second-order valence-electron chi connectivity index (χ2n) is 5.02. The number of benzene rings is 1. The van der Waals surface area contributed by atoms with Crippen LogP contribution in [-0.4, -0.2) is 16.9 Å². The minimum absolute atomic E-state index is 0.119. The van der Waals surface area contributed by atoms with Crippen LogP contribution in [0.1, 0.15) is 11.1 Å². The topological polar surface area (TPSA) is 70.9 Å². The van der Waals surface area contributed by atoms with Gasteiger partial charge in [0.2, 0.25) is 5.91 Å². The smallest absolute Gasteiger partial charge is 0.237 e. The van der Waals surface area contributed by atoms with Crippen molar-refractivity contribution < 1.29 is 4.79 Å². The maximum atomic E-state index is 12.1. The normalized spacial score (nSPS) is 12.4. The van der Waals surface area contributed by atoms with Crippen molar-refractivity contribution in [2.24, 2.45) is 5.73 Å². The van der Waals surface area contributed by atoms with Gasteiger partial charge in [-0.3, -0.25) is 4.79 Å². The Morgan fingerprint density at radius 3 is 3.00 bits per heavy atom. The minimum atomic E-state index is -0.539. The van der Waals surface area contributed by atoms with Crippen LogP contribution in [0, 0.1) is 0 Å². The minimum Gasteiger partial charge on any atom is -0.361 e. The predicted molar refractivity (Wildman–Crippen MR) is 86.1 cm³/mol. The molecule has 0 radical (unpaired) electrons. The average molecular weight is 299 g/mol. The SMILES string of the molecule is NC(Cc1c[nH]c2ccccc12)C(=O)NCc1ccsc1. The number of H-pyrrole nitrogens is 1. The lowest BCUT2D eigenvalue weighted by Crippen LogP contribution is -2.41. The second-order valence-corrected chi connectivity index (χ2v) is 5.80. The predicted octanol–water partition coefficient (Wildman–Crippen LogP) is 2.42. The summed E-state index contributed by atoms with van der Waals surface area (Å²) in [5, 5.41) is 8.01. The number of thiophene rings is 1. The van der Waals surface area contributed by atoms with Crippen LogP contribution >= 0.6 is 11.3 Å². The molecule has 4 N–H and O–H groups in total. The summed E-state index contributed by atoms with van der Waals surface area (Å²) < 4.78 is 0. The zero-order valence-electron chi connectivity index (χ0n) is 11.5. The van der Waals surface area contributed by atoms with Crippen molar-refractivity contribution in [1.29, 1.82) is 0 Å². The van der Waals surface area contributed by atoms with Crippen LogP contribution in [-0.2, 0) is 17.8 Å². The lowest BCUT2D eigenvalue weighted by atomic mass is 10.1. The van der Waals surface area contributed by atoms with Crippen molar-refractivity contribution in [1.82, 2.24) is 10.3 Å². The van der Waals surface area contributed by atoms with Crippen molar-refractivity contribution in [2.45, 2.75) is 19.0 Å². The third-order valence-corrected chi connectivity index (χ3v) is 4.23. The Morgan fingerprint density at radius 2 is 2.19 bits per heavy atom. The van der Waals surface area contributed by atoms with E-state index in [2.05, 4.69) is 10.3 Å². The molecule has 2 heterocycles. The van der Waals surface area contributed by atoms with E-state index in [0.29, 0.717) is 13.0 Å². The van der Waals surface area contributed by atoms with Crippen molar-refractivity contribution in [2.75, 3.05) is 0 Å². The Kier molecular flexibility index (Phi) is 4.03. The van der Waals surface area contributed by atoms with E-state index < -0.39 is 6.04 Å². The zero-order chi connectivity index (χ0) is 14.7. The fraction of sp³-hybridized carbons (Fsp3) is 0.188. The number of nitrogens with two attached hydrogens (primary N) is 1. The Balaban J connectivity index is 1.62. The molecule has 0 bridgehead atoms. The summed E-state index contributed by atoms with van der Waals surface area (Å²) in [6, 6.07) is 9.48. The summed E-state index contributed by atoms with van der Waals surface area (Å²) in [7, 11) is 0. The fourth-order valence-electron chi connectivity index (χ4n) is 2.34.